The molecule has 2 N–H and O–H groups in total. The van der Waals surface area contributed by atoms with Crippen molar-refractivity contribution in [3.63, 3.8) is 0 Å². The van der Waals surface area contributed by atoms with Gasteiger partial charge >= 0.3 is 5.97 Å². The van der Waals surface area contributed by atoms with Gasteiger partial charge in [-0.3, -0.25) is 9.59 Å². The molecule has 2 unspecified atom stereocenters. The molecule has 0 saturated carbocycles. The number of allylic oxidation sites excluding steroid dienone is 1. The number of carboxylic acid groups (broad SMARTS) is 1. The zero-order valence-corrected chi connectivity index (χ0v) is 7.14. The van der Waals surface area contributed by atoms with E-state index in [9.17, 15) is 9.59 Å². The molecule has 0 fully saturated rings. The van der Waals surface area contributed by atoms with E-state index in [-0.39, 0.29) is 18.1 Å². The molecule has 2 atom stereocenters. The second kappa shape index (κ2) is 4.18. The molecule has 4 heteroatoms. The van der Waals surface area contributed by atoms with Crippen LogP contribution < -0.4 is 0 Å². The van der Waals surface area contributed by atoms with Crippen LogP contribution in [-0.4, -0.2) is 28.1 Å². The highest BCUT2D eigenvalue weighted by molar-refractivity contribution is 5.94. The van der Waals surface area contributed by atoms with Crippen LogP contribution in [0.15, 0.2) is 12.2 Å². The smallest absolute Gasteiger partial charge is 0.303 e. The van der Waals surface area contributed by atoms with E-state index in [1.165, 1.54) is 6.08 Å². The normalized spacial score (nSPS) is 27.6. The first-order valence-electron chi connectivity index (χ1n) is 4.21. The summed E-state index contributed by atoms with van der Waals surface area (Å²) in [5.74, 6) is -1.12. The Morgan fingerprint density at radius 3 is 2.85 bits per heavy atom. The number of aliphatic hydroxyl groups is 1. The highest BCUT2D eigenvalue weighted by atomic mass is 16.4. The molecule has 0 aliphatic heterocycles. The molecule has 0 aromatic heterocycles. The van der Waals surface area contributed by atoms with Gasteiger partial charge in [-0.2, -0.15) is 0 Å². The average Bonchev–Trinajstić information content (AvgIpc) is 2.07. The minimum Gasteiger partial charge on any atom is -0.481 e. The number of ketones is 1. The number of carbonyl (C=O) groups excluding carboxylic acids is 1. The number of aliphatic carboxylic acids is 1. The molecule has 0 bridgehead atoms. The minimum atomic E-state index is -0.941. The number of hydrogen-bond donors (Lipinski definition) is 2. The number of carboxylic acids is 1. The lowest BCUT2D eigenvalue weighted by atomic mass is 9.89. The van der Waals surface area contributed by atoms with E-state index in [1.54, 1.807) is 6.08 Å². The van der Waals surface area contributed by atoms with E-state index in [1.807, 2.05) is 0 Å². The summed E-state index contributed by atoms with van der Waals surface area (Å²) < 4.78 is 0. The molecule has 1 rings (SSSR count). The van der Waals surface area contributed by atoms with Crippen LogP contribution in [0.4, 0.5) is 0 Å². The van der Waals surface area contributed by atoms with E-state index >= 15 is 0 Å². The van der Waals surface area contributed by atoms with Crippen LogP contribution in [0, 0.1) is 5.92 Å². The molecule has 4 nitrogen and oxygen atoms in total. The fourth-order valence-corrected chi connectivity index (χ4v) is 1.35. The third-order valence-corrected chi connectivity index (χ3v) is 2.12. The summed E-state index contributed by atoms with van der Waals surface area (Å²) in [5.41, 5.74) is 0. The molecule has 13 heavy (non-hydrogen) atoms. The van der Waals surface area contributed by atoms with Crippen molar-refractivity contribution in [1.29, 1.82) is 0 Å². The fourth-order valence-electron chi connectivity index (χ4n) is 1.35. The molecule has 0 radical (unpaired) electrons. The Morgan fingerprint density at radius 2 is 2.31 bits per heavy atom. The lowest BCUT2D eigenvalue weighted by Gasteiger charge is -2.18. The highest BCUT2D eigenvalue weighted by Crippen LogP contribution is 2.20. The summed E-state index contributed by atoms with van der Waals surface area (Å²) in [6, 6.07) is 0. The molecule has 0 aromatic carbocycles. The van der Waals surface area contributed by atoms with E-state index in [2.05, 4.69) is 0 Å². The zero-order chi connectivity index (χ0) is 9.84. The Morgan fingerprint density at radius 1 is 1.62 bits per heavy atom. The summed E-state index contributed by atoms with van der Waals surface area (Å²) in [5, 5.41) is 17.6. The number of carbonyl (C=O) groups is 2. The predicted molar refractivity (Wildman–Crippen MR) is 45.1 cm³/mol. The SMILES string of the molecule is O=C(O)CCC1C=CC(=O)C(O)C1. The molecule has 0 aromatic rings. The summed E-state index contributed by atoms with van der Waals surface area (Å²) in [6.07, 6.45) is 2.98. The fraction of sp³-hybridized carbons (Fsp3) is 0.556. The summed E-state index contributed by atoms with van der Waals surface area (Å²) in [6.45, 7) is 0. The molecular formula is C9H12O4. The van der Waals surface area contributed by atoms with Gasteiger partial charge in [-0.05, 0) is 24.8 Å². The maximum atomic E-state index is 10.8. The zero-order valence-electron chi connectivity index (χ0n) is 7.14. The summed E-state index contributed by atoms with van der Waals surface area (Å²) in [7, 11) is 0. The van der Waals surface area contributed by atoms with Crippen molar-refractivity contribution in [3.8, 4) is 0 Å². The lowest BCUT2D eigenvalue weighted by molar-refractivity contribution is -0.137. The monoisotopic (exact) mass is 184 g/mol. The Balaban J connectivity index is 2.41. The molecule has 1 aliphatic rings. The van der Waals surface area contributed by atoms with Gasteiger partial charge in [0.05, 0.1) is 0 Å². The van der Waals surface area contributed by atoms with Gasteiger partial charge in [0.15, 0.2) is 5.78 Å². The van der Waals surface area contributed by atoms with Crippen LogP contribution in [0.1, 0.15) is 19.3 Å². The van der Waals surface area contributed by atoms with Gasteiger partial charge in [-0.15, -0.1) is 0 Å². The van der Waals surface area contributed by atoms with Gasteiger partial charge < -0.3 is 10.2 Å². The van der Waals surface area contributed by atoms with Crippen molar-refractivity contribution >= 4 is 11.8 Å². The Bertz CT molecular complexity index is 244. The second-order valence-corrected chi connectivity index (χ2v) is 3.21. The van der Waals surface area contributed by atoms with Crippen LogP contribution in [0.3, 0.4) is 0 Å². The van der Waals surface area contributed by atoms with Gasteiger partial charge in [0.25, 0.3) is 0 Å². The first-order valence-corrected chi connectivity index (χ1v) is 4.21. The van der Waals surface area contributed by atoms with E-state index in [4.69, 9.17) is 10.2 Å². The van der Waals surface area contributed by atoms with Crippen molar-refractivity contribution in [3.05, 3.63) is 12.2 Å². The van der Waals surface area contributed by atoms with Crippen LogP contribution in [0.5, 0.6) is 0 Å². The van der Waals surface area contributed by atoms with Gasteiger partial charge in [0.1, 0.15) is 6.10 Å². The molecule has 0 spiro atoms. The van der Waals surface area contributed by atoms with E-state index in [0.717, 1.165) is 0 Å². The minimum absolute atomic E-state index is 0.0174. The summed E-state index contributed by atoms with van der Waals surface area (Å²) in [4.78, 5) is 21.1. The Kier molecular flexibility index (Phi) is 3.19. The quantitative estimate of drug-likeness (QED) is 0.664. The number of hydrogen-bond acceptors (Lipinski definition) is 3. The molecule has 1 aliphatic carbocycles. The van der Waals surface area contributed by atoms with Crippen molar-refractivity contribution in [2.24, 2.45) is 5.92 Å². The molecule has 0 saturated heterocycles. The first-order chi connectivity index (χ1) is 6.09. The Labute approximate surface area is 75.9 Å². The van der Waals surface area contributed by atoms with Crippen molar-refractivity contribution < 1.29 is 19.8 Å². The molecule has 72 valence electrons. The standard InChI is InChI=1S/C9H12O4/c10-7-3-1-6(5-8(7)11)2-4-9(12)13/h1,3,6,8,11H,2,4-5H2,(H,12,13). The van der Waals surface area contributed by atoms with Gasteiger partial charge in [-0.1, -0.05) is 6.08 Å². The predicted octanol–water partition coefficient (Wildman–Crippen LogP) is 0.357. The third-order valence-electron chi connectivity index (χ3n) is 2.12. The van der Waals surface area contributed by atoms with Gasteiger partial charge in [0, 0.05) is 6.42 Å². The number of rotatable bonds is 3. The van der Waals surface area contributed by atoms with Crippen LogP contribution in [-0.2, 0) is 9.59 Å². The van der Waals surface area contributed by atoms with E-state index in [0.29, 0.717) is 12.8 Å². The number of aliphatic hydroxyl groups excluding tert-OH is 1. The van der Waals surface area contributed by atoms with Crippen LogP contribution in [0.25, 0.3) is 0 Å². The van der Waals surface area contributed by atoms with Crippen LogP contribution in [0.2, 0.25) is 0 Å². The van der Waals surface area contributed by atoms with Gasteiger partial charge in [0.2, 0.25) is 0 Å². The molecule has 0 amide bonds. The average molecular weight is 184 g/mol. The Hall–Kier alpha value is -1.16. The third kappa shape index (κ3) is 2.99. The second-order valence-electron chi connectivity index (χ2n) is 3.21. The molecular weight excluding hydrogens is 172 g/mol. The maximum absolute atomic E-state index is 10.8. The van der Waals surface area contributed by atoms with Gasteiger partial charge in [-0.25, -0.2) is 0 Å². The van der Waals surface area contributed by atoms with Crippen LogP contribution >= 0.6 is 0 Å². The largest absolute Gasteiger partial charge is 0.481 e. The summed E-state index contributed by atoms with van der Waals surface area (Å²) >= 11 is 0. The van der Waals surface area contributed by atoms with Crippen molar-refractivity contribution in [1.82, 2.24) is 0 Å². The first kappa shape index (κ1) is 9.92. The lowest BCUT2D eigenvalue weighted by Crippen LogP contribution is -2.25. The van der Waals surface area contributed by atoms with Crippen molar-refractivity contribution in [2.45, 2.75) is 25.4 Å². The van der Waals surface area contributed by atoms with E-state index < -0.39 is 12.1 Å². The molecule has 0 heterocycles. The maximum Gasteiger partial charge on any atom is 0.303 e. The topological polar surface area (TPSA) is 74.6 Å². The van der Waals surface area contributed by atoms with Crippen molar-refractivity contribution in [2.75, 3.05) is 0 Å². The highest BCUT2D eigenvalue weighted by Gasteiger charge is 2.22.